The summed E-state index contributed by atoms with van der Waals surface area (Å²) in [5.74, 6) is -1.15. The maximum Gasteiger partial charge on any atom is 0.326 e. The lowest BCUT2D eigenvalue weighted by atomic mass is 9.85. The number of aromatic nitrogens is 1. The largest absolute Gasteiger partial charge is 0.464 e. The first kappa shape index (κ1) is 16.0. The second-order valence-corrected chi connectivity index (χ2v) is 6.95. The fraction of sp³-hybridized carbons (Fsp3) is 0.474. The predicted molar refractivity (Wildman–Crippen MR) is 88.0 cm³/mol. The summed E-state index contributed by atoms with van der Waals surface area (Å²) >= 11 is 0. The Morgan fingerprint density at radius 3 is 2.56 bits per heavy atom. The average Bonchev–Trinajstić information content (AvgIpc) is 3.30. The number of ether oxygens (including phenoxy) is 1. The summed E-state index contributed by atoms with van der Waals surface area (Å²) in [6.07, 6.45) is 9.91. The Morgan fingerprint density at radius 2 is 1.92 bits per heavy atom. The van der Waals surface area contributed by atoms with Gasteiger partial charge in [-0.05, 0) is 42.7 Å². The van der Waals surface area contributed by atoms with E-state index in [0.717, 1.165) is 23.3 Å². The molecule has 1 saturated carbocycles. The van der Waals surface area contributed by atoms with E-state index in [1.165, 1.54) is 0 Å². The number of carbonyl (C=O) groups excluding carboxylic acids is 3. The number of pyridine rings is 1. The number of esters is 1. The molecule has 2 heterocycles. The van der Waals surface area contributed by atoms with Crippen molar-refractivity contribution in [3.63, 3.8) is 0 Å². The lowest BCUT2D eigenvalue weighted by molar-refractivity contribution is -0.153. The van der Waals surface area contributed by atoms with Crippen LogP contribution < -0.4 is 0 Å². The highest BCUT2D eigenvalue weighted by atomic mass is 16.5. The molecular formula is C19H20N2O4. The van der Waals surface area contributed by atoms with Gasteiger partial charge in [-0.15, -0.1) is 0 Å². The molecule has 2 bridgehead atoms. The smallest absolute Gasteiger partial charge is 0.326 e. The Hall–Kier alpha value is -2.50. The molecule has 2 fully saturated rings. The predicted octanol–water partition coefficient (Wildman–Crippen LogP) is 1.36. The third-order valence-corrected chi connectivity index (χ3v) is 5.44. The fourth-order valence-electron chi connectivity index (χ4n) is 4.30. The Balaban J connectivity index is 1.26. The number of nitrogens with zero attached hydrogens (tertiary/aromatic N) is 2. The van der Waals surface area contributed by atoms with Crippen LogP contribution in [-0.2, 0) is 25.5 Å². The van der Waals surface area contributed by atoms with Crippen LogP contribution in [0.5, 0.6) is 0 Å². The molecule has 6 nitrogen and oxygen atoms in total. The quantitative estimate of drug-likeness (QED) is 0.338. The Labute approximate surface area is 145 Å². The molecule has 3 aliphatic rings. The highest BCUT2D eigenvalue weighted by Gasteiger charge is 2.59. The molecule has 4 atom stereocenters. The minimum Gasteiger partial charge on any atom is -0.464 e. The van der Waals surface area contributed by atoms with E-state index in [2.05, 4.69) is 4.98 Å². The van der Waals surface area contributed by atoms with Gasteiger partial charge in [0.1, 0.15) is 6.54 Å². The van der Waals surface area contributed by atoms with E-state index in [-0.39, 0.29) is 48.6 Å². The zero-order valence-corrected chi connectivity index (χ0v) is 13.8. The Kier molecular flexibility index (Phi) is 4.11. The van der Waals surface area contributed by atoms with Crippen LogP contribution in [0.2, 0.25) is 0 Å². The number of carbonyl (C=O) groups is 3. The summed E-state index contributed by atoms with van der Waals surface area (Å²) in [7, 11) is 0. The summed E-state index contributed by atoms with van der Waals surface area (Å²) in [5, 5.41) is 0. The van der Waals surface area contributed by atoms with Crippen LogP contribution in [0.3, 0.4) is 0 Å². The second kappa shape index (κ2) is 6.43. The van der Waals surface area contributed by atoms with Crippen molar-refractivity contribution in [3.05, 3.63) is 42.2 Å². The van der Waals surface area contributed by atoms with E-state index in [9.17, 15) is 14.4 Å². The molecule has 1 aromatic rings. The van der Waals surface area contributed by atoms with Gasteiger partial charge in [-0.1, -0.05) is 18.2 Å². The van der Waals surface area contributed by atoms with Gasteiger partial charge in [-0.25, -0.2) is 0 Å². The van der Waals surface area contributed by atoms with Gasteiger partial charge in [0.15, 0.2) is 0 Å². The summed E-state index contributed by atoms with van der Waals surface area (Å²) < 4.78 is 5.19. The first-order chi connectivity index (χ1) is 12.1. The molecule has 0 N–H and O–H groups in total. The van der Waals surface area contributed by atoms with E-state index >= 15 is 0 Å². The Bertz CT molecular complexity index is 700. The van der Waals surface area contributed by atoms with Gasteiger partial charge in [0.2, 0.25) is 11.8 Å². The summed E-state index contributed by atoms with van der Waals surface area (Å²) in [6.45, 7) is 0.000606. The van der Waals surface area contributed by atoms with Crippen molar-refractivity contribution in [1.29, 1.82) is 0 Å². The van der Waals surface area contributed by atoms with Crippen LogP contribution in [0.15, 0.2) is 36.7 Å². The number of aryl methyl sites for hydroxylation is 1. The van der Waals surface area contributed by atoms with E-state index in [0.29, 0.717) is 6.42 Å². The highest BCUT2D eigenvalue weighted by molar-refractivity contribution is 6.08. The highest BCUT2D eigenvalue weighted by Crippen LogP contribution is 2.52. The molecule has 1 saturated heterocycles. The maximum absolute atomic E-state index is 12.5. The van der Waals surface area contributed by atoms with E-state index in [4.69, 9.17) is 4.74 Å². The number of likely N-dealkylation sites (tertiary alicyclic amines) is 1. The lowest BCUT2D eigenvalue weighted by Crippen LogP contribution is -2.38. The van der Waals surface area contributed by atoms with E-state index in [1.807, 2.05) is 24.3 Å². The van der Waals surface area contributed by atoms with Gasteiger partial charge in [-0.2, -0.15) is 0 Å². The minimum atomic E-state index is -0.520. The Morgan fingerprint density at radius 1 is 1.20 bits per heavy atom. The first-order valence-electron chi connectivity index (χ1n) is 8.73. The second-order valence-electron chi connectivity index (χ2n) is 6.95. The van der Waals surface area contributed by atoms with Gasteiger partial charge in [0.05, 0.1) is 18.4 Å². The van der Waals surface area contributed by atoms with Gasteiger partial charge < -0.3 is 4.74 Å². The topological polar surface area (TPSA) is 76.6 Å². The molecule has 4 rings (SSSR count). The molecule has 4 unspecified atom stereocenters. The minimum absolute atomic E-state index is 0.159. The van der Waals surface area contributed by atoms with Crippen LogP contribution in [0.1, 0.15) is 18.4 Å². The zero-order chi connectivity index (χ0) is 17.4. The van der Waals surface area contributed by atoms with Gasteiger partial charge in [-0.3, -0.25) is 24.3 Å². The third-order valence-electron chi connectivity index (χ3n) is 5.44. The summed E-state index contributed by atoms with van der Waals surface area (Å²) in [4.78, 5) is 42.1. The molecule has 2 aliphatic carbocycles. The summed E-state index contributed by atoms with van der Waals surface area (Å²) in [6, 6.07) is 3.84. The third kappa shape index (κ3) is 2.86. The zero-order valence-electron chi connectivity index (χ0n) is 13.8. The maximum atomic E-state index is 12.5. The van der Waals surface area contributed by atoms with E-state index < -0.39 is 5.97 Å². The molecular weight excluding hydrogens is 320 g/mol. The van der Waals surface area contributed by atoms with E-state index in [1.54, 1.807) is 12.4 Å². The number of allylic oxidation sites excluding steroid dienone is 2. The van der Waals surface area contributed by atoms with Crippen LogP contribution in [0.4, 0.5) is 0 Å². The molecule has 0 radical (unpaired) electrons. The molecule has 130 valence electrons. The number of fused-ring (bicyclic) bond motifs is 5. The molecule has 2 amide bonds. The van der Waals surface area contributed by atoms with Crippen LogP contribution in [0, 0.1) is 23.7 Å². The first-order valence-corrected chi connectivity index (χ1v) is 8.73. The van der Waals surface area contributed by atoms with Gasteiger partial charge in [0.25, 0.3) is 0 Å². The van der Waals surface area contributed by atoms with Crippen molar-refractivity contribution >= 4 is 17.8 Å². The lowest BCUT2D eigenvalue weighted by Gasteiger charge is -2.16. The monoisotopic (exact) mass is 340 g/mol. The molecule has 0 aromatic carbocycles. The van der Waals surface area contributed by atoms with Crippen LogP contribution >= 0.6 is 0 Å². The number of imide groups is 1. The van der Waals surface area contributed by atoms with Crippen molar-refractivity contribution in [3.8, 4) is 0 Å². The molecule has 1 aromatic heterocycles. The van der Waals surface area contributed by atoms with Crippen molar-refractivity contribution in [1.82, 2.24) is 9.88 Å². The number of hydrogen-bond donors (Lipinski definition) is 0. The molecule has 0 spiro atoms. The van der Waals surface area contributed by atoms with Gasteiger partial charge in [0, 0.05) is 12.4 Å². The number of rotatable bonds is 6. The van der Waals surface area contributed by atoms with Gasteiger partial charge >= 0.3 is 5.97 Å². The number of amides is 2. The average molecular weight is 340 g/mol. The van der Waals surface area contributed by atoms with Crippen molar-refractivity contribution < 1.29 is 19.1 Å². The normalized spacial score (nSPS) is 29.4. The van der Waals surface area contributed by atoms with Crippen molar-refractivity contribution in [2.24, 2.45) is 23.7 Å². The van der Waals surface area contributed by atoms with Crippen molar-refractivity contribution in [2.75, 3.05) is 13.2 Å². The number of hydrogen-bond acceptors (Lipinski definition) is 5. The fourth-order valence-corrected chi connectivity index (χ4v) is 4.30. The molecule has 6 heteroatoms. The molecule has 25 heavy (non-hydrogen) atoms. The van der Waals surface area contributed by atoms with Crippen LogP contribution in [0.25, 0.3) is 0 Å². The van der Waals surface area contributed by atoms with Crippen molar-refractivity contribution in [2.45, 2.75) is 19.3 Å². The molecule has 1 aliphatic heterocycles. The summed E-state index contributed by atoms with van der Waals surface area (Å²) in [5.41, 5.74) is 1.08. The SMILES string of the molecule is O=C(CN1C(=O)C2C3C=CC(C3)C2C1=O)OCCCc1cccnc1. The standard InChI is InChI=1S/C19H20N2O4/c22-15(25-8-2-4-12-3-1-7-20-10-12)11-21-18(23)16-13-5-6-14(9-13)17(16)19(21)24/h1,3,5-7,10,13-14,16-17H,2,4,8-9,11H2. The van der Waals surface area contributed by atoms with Crippen LogP contribution in [-0.4, -0.2) is 40.8 Å².